The molecule has 1 amide bonds. The van der Waals surface area contributed by atoms with Crippen LogP contribution in [-0.4, -0.2) is 17.4 Å². The second-order valence-electron chi connectivity index (χ2n) is 5.04. The Bertz CT molecular complexity index is 622. The summed E-state index contributed by atoms with van der Waals surface area (Å²) >= 11 is 1.57. The molecule has 5 heteroatoms. The molecular weight excluding hydrogens is 282 g/mol. The molecule has 1 aromatic heterocycles. The molecular formula is C16H21N3OS. The monoisotopic (exact) mass is 303 g/mol. The number of benzene rings is 1. The highest BCUT2D eigenvalue weighted by Gasteiger charge is 2.12. The largest absolute Gasteiger partial charge is 0.384 e. The first kappa shape index (κ1) is 15.5. The highest BCUT2D eigenvalue weighted by atomic mass is 32.1. The molecule has 0 saturated heterocycles. The zero-order valence-electron chi connectivity index (χ0n) is 12.7. The van der Waals surface area contributed by atoms with Crippen molar-refractivity contribution in [2.24, 2.45) is 0 Å². The molecule has 0 spiro atoms. The van der Waals surface area contributed by atoms with Crippen LogP contribution in [0.2, 0.25) is 0 Å². The van der Waals surface area contributed by atoms with E-state index in [1.54, 1.807) is 11.3 Å². The molecule has 0 aliphatic rings. The first-order chi connectivity index (χ1) is 10.1. The molecule has 2 aromatic rings. The molecule has 0 atom stereocenters. The van der Waals surface area contributed by atoms with Gasteiger partial charge in [0, 0.05) is 23.3 Å². The van der Waals surface area contributed by atoms with Crippen LogP contribution >= 0.6 is 11.3 Å². The van der Waals surface area contributed by atoms with Crippen molar-refractivity contribution in [2.45, 2.75) is 33.7 Å². The number of thiazole rings is 1. The third-order valence-electron chi connectivity index (χ3n) is 3.05. The minimum absolute atomic E-state index is 0.0647. The van der Waals surface area contributed by atoms with E-state index in [4.69, 9.17) is 0 Å². The van der Waals surface area contributed by atoms with E-state index in [-0.39, 0.29) is 5.91 Å². The van der Waals surface area contributed by atoms with Gasteiger partial charge in [0.05, 0.1) is 12.1 Å². The second-order valence-corrected chi connectivity index (χ2v) is 5.98. The third kappa shape index (κ3) is 4.29. The molecule has 2 rings (SSSR count). The summed E-state index contributed by atoms with van der Waals surface area (Å²) in [5, 5.41) is 9.16. The van der Waals surface area contributed by atoms with E-state index in [1.807, 2.05) is 37.4 Å². The minimum Gasteiger partial charge on any atom is -0.384 e. The number of carbonyl (C=O) groups excluding carboxylic acids is 1. The predicted octanol–water partition coefficient (Wildman–Crippen LogP) is 3.51. The van der Waals surface area contributed by atoms with Crippen molar-refractivity contribution in [3.8, 4) is 0 Å². The van der Waals surface area contributed by atoms with E-state index < -0.39 is 0 Å². The van der Waals surface area contributed by atoms with E-state index in [0.29, 0.717) is 12.1 Å². The Morgan fingerprint density at radius 1 is 1.33 bits per heavy atom. The van der Waals surface area contributed by atoms with Crippen LogP contribution in [0.1, 0.15) is 40.0 Å². The molecule has 0 bridgehead atoms. The van der Waals surface area contributed by atoms with Crippen LogP contribution < -0.4 is 10.6 Å². The van der Waals surface area contributed by atoms with Gasteiger partial charge in [0.15, 0.2) is 0 Å². The summed E-state index contributed by atoms with van der Waals surface area (Å²) in [7, 11) is 0. The Kier molecular flexibility index (Phi) is 5.33. The topological polar surface area (TPSA) is 54.0 Å². The number of nitrogens with zero attached hydrogens (tertiary/aromatic N) is 1. The fourth-order valence-corrected chi connectivity index (χ4v) is 2.71. The number of aromatic nitrogens is 1. The van der Waals surface area contributed by atoms with Gasteiger partial charge in [-0.05, 0) is 32.4 Å². The Hall–Kier alpha value is -1.88. The highest BCUT2D eigenvalue weighted by Crippen LogP contribution is 2.18. The summed E-state index contributed by atoms with van der Waals surface area (Å²) < 4.78 is 0. The number of amides is 1. The molecule has 0 saturated carbocycles. The van der Waals surface area contributed by atoms with Crippen LogP contribution in [-0.2, 0) is 6.54 Å². The number of carbonyl (C=O) groups is 1. The third-order valence-corrected chi connectivity index (χ3v) is 4.02. The molecule has 0 aliphatic heterocycles. The summed E-state index contributed by atoms with van der Waals surface area (Å²) in [5.41, 5.74) is 3.64. The Morgan fingerprint density at radius 3 is 2.81 bits per heavy atom. The van der Waals surface area contributed by atoms with Crippen LogP contribution in [0.5, 0.6) is 0 Å². The number of rotatable bonds is 6. The number of nitrogens with one attached hydrogen (secondary N) is 2. The molecule has 2 N–H and O–H groups in total. The molecule has 0 radical (unpaired) electrons. The first-order valence-corrected chi connectivity index (χ1v) is 8.02. The molecule has 0 unspecified atom stereocenters. The quantitative estimate of drug-likeness (QED) is 0.858. The van der Waals surface area contributed by atoms with Crippen LogP contribution in [0.3, 0.4) is 0 Å². The maximum Gasteiger partial charge on any atom is 0.253 e. The van der Waals surface area contributed by atoms with Gasteiger partial charge in [0.2, 0.25) is 0 Å². The maximum absolute atomic E-state index is 12.4. The van der Waals surface area contributed by atoms with E-state index in [1.165, 1.54) is 0 Å². The summed E-state index contributed by atoms with van der Waals surface area (Å²) in [6, 6.07) is 5.90. The lowest BCUT2D eigenvalue weighted by molar-refractivity contribution is 0.0951. The zero-order valence-corrected chi connectivity index (χ0v) is 13.5. The van der Waals surface area contributed by atoms with Crippen molar-refractivity contribution in [2.75, 3.05) is 11.9 Å². The number of aryl methyl sites for hydroxylation is 2. The van der Waals surface area contributed by atoms with Gasteiger partial charge in [-0.25, -0.2) is 4.98 Å². The Morgan fingerprint density at radius 2 is 2.14 bits per heavy atom. The molecule has 112 valence electrons. The summed E-state index contributed by atoms with van der Waals surface area (Å²) in [5.74, 6) is -0.0647. The van der Waals surface area contributed by atoms with Crippen molar-refractivity contribution >= 4 is 22.9 Å². The van der Waals surface area contributed by atoms with E-state index >= 15 is 0 Å². The van der Waals surface area contributed by atoms with Gasteiger partial charge >= 0.3 is 0 Å². The van der Waals surface area contributed by atoms with Crippen molar-refractivity contribution < 1.29 is 4.79 Å². The lowest BCUT2D eigenvalue weighted by Gasteiger charge is -2.12. The van der Waals surface area contributed by atoms with Crippen LogP contribution in [0.4, 0.5) is 5.69 Å². The molecule has 4 nitrogen and oxygen atoms in total. The highest BCUT2D eigenvalue weighted by molar-refractivity contribution is 7.09. The van der Waals surface area contributed by atoms with E-state index in [9.17, 15) is 4.79 Å². The smallest absolute Gasteiger partial charge is 0.253 e. The fraction of sp³-hybridized carbons (Fsp3) is 0.375. The van der Waals surface area contributed by atoms with Crippen molar-refractivity contribution in [1.29, 1.82) is 0 Å². The van der Waals surface area contributed by atoms with Gasteiger partial charge in [-0.2, -0.15) is 0 Å². The second kappa shape index (κ2) is 7.22. The number of anilines is 1. The van der Waals surface area contributed by atoms with Gasteiger partial charge in [-0.15, -0.1) is 11.3 Å². The standard InChI is InChI=1S/C16H21N3OS/c1-4-7-17-14-6-5-11(2)8-13(14)16(20)18-9-15-19-12(3)10-21-15/h5-6,8,10,17H,4,7,9H2,1-3H3,(H,18,20). The first-order valence-electron chi connectivity index (χ1n) is 7.14. The van der Waals surface area contributed by atoms with E-state index in [2.05, 4.69) is 22.5 Å². The van der Waals surface area contributed by atoms with Crippen molar-refractivity contribution in [3.05, 3.63) is 45.4 Å². The van der Waals surface area contributed by atoms with Crippen LogP contribution in [0.25, 0.3) is 0 Å². The molecule has 1 aromatic carbocycles. The molecule has 0 aliphatic carbocycles. The minimum atomic E-state index is -0.0647. The van der Waals surface area contributed by atoms with E-state index in [0.717, 1.165) is 34.9 Å². The van der Waals surface area contributed by atoms with Gasteiger partial charge in [-0.3, -0.25) is 4.79 Å². The Balaban J connectivity index is 2.08. The van der Waals surface area contributed by atoms with Gasteiger partial charge < -0.3 is 10.6 Å². The normalized spacial score (nSPS) is 10.4. The lowest BCUT2D eigenvalue weighted by atomic mass is 10.1. The van der Waals surface area contributed by atoms with Crippen molar-refractivity contribution in [1.82, 2.24) is 10.3 Å². The SMILES string of the molecule is CCCNc1ccc(C)cc1C(=O)NCc1nc(C)cs1. The average Bonchev–Trinajstić information content (AvgIpc) is 2.89. The fourth-order valence-electron chi connectivity index (χ4n) is 1.99. The summed E-state index contributed by atoms with van der Waals surface area (Å²) in [4.78, 5) is 16.7. The molecule has 21 heavy (non-hydrogen) atoms. The maximum atomic E-state index is 12.4. The number of hydrogen-bond acceptors (Lipinski definition) is 4. The van der Waals surface area contributed by atoms with Gasteiger partial charge in [0.25, 0.3) is 5.91 Å². The van der Waals surface area contributed by atoms with Crippen LogP contribution in [0, 0.1) is 13.8 Å². The zero-order chi connectivity index (χ0) is 15.2. The predicted molar refractivity (Wildman–Crippen MR) is 88.0 cm³/mol. The summed E-state index contributed by atoms with van der Waals surface area (Å²) in [6.45, 7) is 7.37. The van der Waals surface area contributed by atoms with Gasteiger partial charge in [-0.1, -0.05) is 18.6 Å². The van der Waals surface area contributed by atoms with Crippen LogP contribution in [0.15, 0.2) is 23.6 Å². The van der Waals surface area contributed by atoms with Gasteiger partial charge in [0.1, 0.15) is 5.01 Å². The number of hydrogen-bond donors (Lipinski definition) is 2. The Labute approximate surface area is 129 Å². The lowest BCUT2D eigenvalue weighted by Crippen LogP contribution is -2.24. The van der Waals surface area contributed by atoms with Crippen molar-refractivity contribution in [3.63, 3.8) is 0 Å². The molecule has 1 heterocycles. The summed E-state index contributed by atoms with van der Waals surface area (Å²) in [6.07, 6.45) is 1.02. The average molecular weight is 303 g/mol. The molecule has 0 fully saturated rings.